The standard InChI is InChI=1S/C19H30N2O4/c1-15(14-21-9-11-25-12-10-21)13-20-18(22)8-7-16-5-4-6-17(23-2)19(16)24-3/h4-6,15H,7-14H2,1-3H3,(H,20,22). The lowest BCUT2D eigenvalue weighted by Crippen LogP contribution is -2.41. The number of carbonyl (C=O) groups excluding carboxylic acids is 1. The molecule has 0 aliphatic carbocycles. The minimum Gasteiger partial charge on any atom is -0.493 e. The van der Waals surface area contributed by atoms with Gasteiger partial charge in [0.1, 0.15) is 0 Å². The van der Waals surface area contributed by atoms with E-state index in [1.54, 1.807) is 14.2 Å². The predicted octanol–water partition coefficient (Wildman–Crippen LogP) is 1.72. The van der Waals surface area contributed by atoms with E-state index in [0.29, 0.717) is 36.8 Å². The molecule has 1 heterocycles. The first-order valence-electron chi connectivity index (χ1n) is 8.90. The minimum absolute atomic E-state index is 0.0682. The summed E-state index contributed by atoms with van der Waals surface area (Å²) in [5.41, 5.74) is 0.985. The number of methoxy groups -OCH3 is 2. The third kappa shape index (κ3) is 6.21. The van der Waals surface area contributed by atoms with Crippen molar-refractivity contribution >= 4 is 5.91 Å². The number of benzene rings is 1. The van der Waals surface area contributed by atoms with Gasteiger partial charge in [0, 0.05) is 32.6 Å². The monoisotopic (exact) mass is 350 g/mol. The Hall–Kier alpha value is -1.79. The van der Waals surface area contributed by atoms with Gasteiger partial charge in [0.2, 0.25) is 5.91 Å². The first-order chi connectivity index (χ1) is 12.1. The van der Waals surface area contributed by atoms with E-state index in [1.165, 1.54) is 0 Å². The summed E-state index contributed by atoms with van der Waals surface area (Å²) in [6, 6.07) is 5.74. The molecule has 1 saturated heterocycles. The van der Waals surface area contributed by atoms with Crippen molar-refractivity contribution in [2.24, 2.45) is 5.92 Å². The Balaban J connectivity index is 1.73. The fourth-order valence-corrected chi connectivity index (χ4v) is 3.06. The van der Waals surface area contributed by atoms with Crippen LogP contribution in [-0.4, -0.2) is 64.4 Å². The molecule has 1 amide bonds. The number of hydrogen-bond donors (Lipinski definition) is 1. The van der Waals surface area contributed by atoms with Crippen molar-refractivity contribution < 1.29 is 19.0 Å². The summed E-state index contributed by atoms with van der Waals surface area (Å²) >= 11 is 0. The minimum atomic E-state index is 0.0682. The molecule has 1 N–H and O–H groups in total. The zero-order valence-corrected chi connectivity index (χ0v) is 15.5. The molecule has 1 aliphatic rings. The SMILES string of the molecule is COc1cccc(CCC(=O)NCC(C)CN2CCOCC2)c1OC. The van der Waals surface area contributed by atoms with E-state index in [9.17, 15) is 4.79 Å². The molecule has 0 saturated carbocycles. The topological polar surface area (TPSA) is 60.0 Å². The molecule has 0 bridgehead atoms. The van der Waals surface area contributed by atoms with Crippen molar-refractivity contribution in [2.75, 3.05) is 53.6 Å². The molecule has 0 aromatic heterocycles. The lowest BCUT2D eigenvalue weighted by Gasteiger charge is -2.29. The number of morpholine rings is 1. The molecule has 0 spiro atoms. The van der Waals surface area contributed by atoms with E-state index >= 15 is 0 Å². The van der Waals surface area contributed by atoms with E-state index in [2.05, 4.69) is 17.1 Å². The summed E-state index contributed by atoms with van der Waals surface area (Å²) in [5, 5.41) is 3.04. The van der Waals surface area contributed by atoms with Crippen LogP contribution in [0.2, 0.25) is 0 Å². The Labute approximate surface area is 150 Å². The second-order valence-electron chi connectivity index (χ2n) is 6.47. The molecule has 1 aromatic carbocycles. The molecule has 140 valence electrons. The van der Waals surface area contributed by atoms with Crippen LogP contribution in [0.3, 0.4) is 0 Å². The third-order valence-electron chi connectivity index (χ3n) is 4.43. The molecule has 1 atom stereocenters. The normalized spacial score (nSPS) is 16.3. The van der Waals surface area contributed by atoms with Crippen LogP contribution in [0.25, 0.3) is 0 Å². The van der Waals surface area contributed by atoms with Crippen molar-refractivity contribution in [3.8, 4) is 11.5 Å². The fourth-order valence-electron chi connectivity index (χ4n) is 3.06. The van der Waals surface area contributed by atoms with Crippen molar-refractivity contribution in [1.29, 1.82) is 0 Å². The smallest absolute Gasteiger partial charge is 0.220 e. The van der Waals surface area contributed by atoms with Crippen LogP contribution in [0.15, 0.2) is 18.2 Å². The van der Waals surface area contributed by atoms with Crippen LogP contribution < -0.4 is 14.8 Å². The highest BCUT2D eigenvalue weighted by molar-refractivity contribution is 5.76. The zero-order chi connectivity index (χ0) is 18.1. The largest absolute Gasteiger partial charge is 0.493 e. The van der Waals surface area contributed by atoms with Crippen molar-refractivity contribution in [3.63, 3.8) is 0 Å². The molecule has 2 rings (SSSR count). The number of carbonyl (C=O) groups is 1. The second-order valence-corrected chi connectivity index (χ2v) is 6.47. The van der Waals surface area contributed by atoms with E-state index in [-0.39, 0.29) is 5.91 Å². The van der Waals surface area contributed by atoms with Gasteiger partial charge in [-0.25, -0.2) is 0 Å². The molecule has 1 unspecified atom stereocenters. The number of amides is 1. The number of ether oxygens (including phenoxy) is 3. The molecule has 1 aromatic rings. The Morgan fingerprint density at radius 1 is 1.28 bits per heavy atom. The second kappa shape index (κ2) is 10.3. The van der Waals surface area contributed by atoms with Gasteiger partial charge in [-0.2, -0.15) is 0 Å². The van der Waals surface area contributed by atoms with Crippen molar-refractivity contribution in [1.82, 2.24) is 10.2 Å². The highest BCUT2D eigenvalue weighted by Crippen LogP contribution is 2.31. The molecule has 25 heavy (non-hydrogen) atoms. The van der Waals surface area contributed by atoms with Gasteiger partial charge >= 0.3 is 0 Å². The first-order valence-corrected chi connectivity index (χ1v) is 8.90. The highest BCUT2D eigenvalue weighted by Gasteiger charge is 2.15. The Morgan fingerprint density at radius 3 is 2.72 bits per heavy atom. The average Bonchev–Trinajstić information content (AvgIpc) is 2.65. The lowest BCUT2D eigenvalue weighted by molar-refractivity contribution is -0.121. The zero-order valence-electron chi connectivity index (χ0n) is 15.5. The van der Waals surface area contributed by atoms with Crippen molar-refractivity contribution in [3.05, 3.63) is 23.8 Å². The maximum Gasteiger partial charge on any atom is 0.220 e. The number of nitrogens with one attached hydrogen (secondary N) is 1. The van der Waals surface area contributed by atoms with Crippen LogP contribution in [0.1, 0.15) is 18.9 Å². The van der Waals surface area contributed by atoms with Gasteiger partial charge in [-0.1, -0.05) is 19.1 Å². The van der Waals surface area contributed by atoms with Gasteiger partial charge in [-0.3, -0.25) is 9.69 Å². The van der Waals surface area contributed by atoms with Gasteiger partial charge < -0.3 is 19.5 Å². The highest BCUT2D eigenvalue weighted by atomic mass is 16.5. The Kier molecular flexibility index (Phi) is 8.01. The Bertz CT molecular complexity index is 544. The maximum atomic E-state index is 12.2. The van der Waals surface area contributed by atoms with Crippen LogP contribution in [-0.2, 0) is 16.0 Å². The summed E-state index contributed by atoms with van der Waals surface area (Å²) in [7, 11) is 3.24. The fraction of sp³-hybridized carbons (Fsp3) is 0.632. The summed E-state index contributed by atoms with van der Waals surface area (Å²) in [5.74, 6) is 1.89. The van der Waals surface area contributed by atoms with E-state index in [0.717, 1.165) is 38.4 Å². The van der Waals surface area contributed by atoms with Crippen LogP contribution in [0.5, 0.6) is 11.5 Å². The van der Waals surface area contributed by atoms with E-state index in [4.69, 9.17) is 14.2 Å². The number of aryl methyl sites for hydroxylation is 1. The summed E-state index contributed by atoms with van der Waals surface area (Å²) in [4.78, 5) is 14.5. The summed E-state index contributed by atoms with van der Waals surface area (Å²) in [6.07, 6.45) is 1.07. The van der Waals surface area contributed by atoms with Gasteiger partial charge in [-0.15, -0.1) is 0 Å². The van der Waals surface area contributed by atoms with Gasteiger partial charge in [-0.05, 0) is 24.0 Å². The predicted molar refractivity (Wildman–Crippen MR) is 97.3 cm³/mol. The Morgan fingerprint density at radius 2 is 2.04 bits per heavy atom. The molecule has 1 fully saturated rings. The maximum absolute atomic E-state index is 12.2. The van der Waals surface area contributed by atoms with Gasteiger partial charge in [0.05, 0.1) is 27.4 Å². The number of nitrogens with zero attached hydrogens (tertiary/aromatic N) is 1. The van der Waals surface area contributed by atoms with Crippen molar-refractivity contribution in [2.45, 2.75) is 19.8 Å². The van der Waals surface area contributed by atoms with Crippen LogP contribution >= 0.6 is 0 Å². The molecular formula is C19H30N2O4. The summed E-state index contributed by atoms with van der Waals surface area (Å²) < 4.78 is 16.1. The molecular weight excluding hydrogens is 320 g/mol. The molecule has 6 nitrogen and oxygen atoms in total. The summed E-state index contributed by atoms with van der Waals surface area (Å²) in [6.45, 7) is 7.43. The number of para-hydroxylation sites is 1. The average molecular weight is 350 g/mol. The van der Waals surface area contributed by atoms with Gasteiger partial charge in [0.25, 0.3) is 0 Å². The van der Waals surface area contributed by atoms with Crippen LogP contribution in [0.4, 0.5) is 0 Å². The lowest BCUT2D eigenvalue weighted by atomic mass is 10.1. The number of rotatable bonds is 9. The van der Waals surface area contributed by atoms with Gasteiger partial charge in [0.15, 0.2) is 11.5 Å². The van der Waals surface area contributed by atoms with E-state index < -0.39 is 0 Å². The first kappa shape index (κ1) is 19.5. The molecule has 0 radical (unpaired) electrons. The quantitative estimate of drug-likeness (QED) is 0.735. The van der Waals surface area contributed by atoms with Crippen LogP contribution in [0, 0.1) is 5.92 Å². The number of hydrogen-bond acceptors (Lipinski definition) is 5. The third-order valence-corrected chi connectivity index (χ3v) is 4.43. The van der Waals surface area contributed by atoms with E-state index in [1.807, 2.05) is 18.2 Å². The molecule has 1 aliphatic heterocycles. The molecule has 6 heteroatoms.